The number of carbonyl (C=O) groups is 1. The Balaban J connectivity index is 1.77. The number of hydrogen-bond acceptors (Lipinski definition) is 1. The molecule has 0 atom stereocenters. The summed E-state index contributed by atoms with van der Waals surface area (Å²) in [5.41, 5.74) is 0.287. The predicted molar refractivity (Wildman–Crippen MR) is 75.7 cm³/mol. The second kappa shape index (κ2) is 4.70. The van der Waals surface area contributed by atoms with Gasteiger partial charge in [0.1, 0.15) is 0 Å². The first-order valence-corrected chi connectivity index (χ1v) is 7.62. The second-order valence-electron chi connectivity index (χ2n) is 7.24. The van der Waals surface area contributed by atoms with Gasteiger partial charge in [0.2, 0.25) is 5.91 Å². The molecule has 2 saturated carbocycles. The quantitative estimate of drug-likeness (QED) is 0.781. The van der Waals surface area contributed by atoms with E-state index in [2.05, 4.69) is 33.0 Å². The molecular weight excluding hydrogens is 246 g/mol. The fraction of sp³-hybridized carbons (Fsp3) is 0.933. The van der Waals surface area contributed by atoms with E-state index < -0.39 is 0 Å². The lowest BCUT2D eigenvalue weighted by atomic mass is 9.89. The van der Waals surface area contributed by atoms with Crippen molar-refractivity contribution in [3.8, 4) is 0 Å². The minimum Gasteiger partial charge on any atom is -0.356 e. The van der Waals surface area contributed by atoms with E-state index in [0.29, 0.717) is 11.3 Å². The molecule has 2 rings (SSSR count). The molecule has 104 valence electrons. The van der Waals surface area contributed by atoms with Gasteiger partial charge in [-0.1, -0.05) is 27.7 Å². The molecule has 0 radical (unpaired) electrons. The molecule has 2 aliphatic rings. The molecule has 0 spiro atoms. The molecule has 1 amide bonds. The van der Waals surface area contributed by atoms with E-state index in [0.717, 1.165) is 32.2 Å². The van der Waals surface area contributed by atoms with Gasteiger partial charge in [0.25, 0.3) is 0 Å². The van der Waals surface area contributed by atoms with Gasteiger partial charge in [-0.25, -0.2) is 0 Å². The van der Waals surface area contributed by atoms with Gasteiger partial charge < -0.3 is 5.32 Å². The molecule has 0 aromatic heterocycles. The molecule has 0 saturated heterocycles. The van der Waals surface area contributed by atoms with Crippen molar-refractivity contribution in [2.45, 2.75) is 58.8 Å². The van der Waals surface area contributed by atoms with Crippen molar-refractivity contribution in [2.24, 2.45) is 22.7 Å². The highest BCUT2D eigenvalue weighted by Gasteiger charge is 2.68. The van der Waals surface area contributed by atoms with E-state index in [1.165, 1.54) is 0 Å². The molecule has 0 aromatic carbocycles. The lowest BCUT2D eigenvalue weighted by Gasteiger charge is -2.25. The molecule has 0 heterocycles. The maximum atomic E-state index is 12.2. The Bertz CT molecular complexity index is 315. The summed E-state index contributed by atoms with van der Waals surface area (Å²) in [6.45, 7) is 9.60. The summed E-state index contributed by atoms with van der Waals surface area (Å²) < 4.78 is 0. The fourth-order valence-corrected chi connectivity index (χ4v) is 3.78. The van der Waals surface area contributed by atoms with Crippen molar-refractivity contribution in [2.75, 3.05) is 6.54 Å². The summed E-state index contributed by atoms with van der Waals surface area (Å²) in [4.78, 5) is 12.2. The first kappa shape index (κ1) is 14.2. The van der Waals surface area contributed by atoms with Gasteiger partial charge in [-0.2, -0.15) is 0 Å². The zero-order chi connectivity index (χ0) is 13.6. The largest absolute Gasteiger partial charge is 0.356 e. The lowest BCUT2D eigenvalue weighted by molar-refractivity contribution is -0.123. The summed E-state index contributed by atoms with van der Waals surface area (Å²) in [6, 6.07) is 0. The molecule has 2 aliphatic carbocycles. The fourth-order valence-electron chi connectivity index (χ4n) is 3.52. The SMILES string of the molecule is CC1(C)C(C(=O)NCC2CCC(Cl)CC2)C1(C)C. The van der Waals surface area contributed by atoms with Gasteiger partial charge in [-0.3, -0.25) is 4.79 Å². The van der Waals surface area contributed by atoms with Crippen LogP contribution in [0.1, 0.15) is 53.4 Å². The van der Waals surface area contributed by atoms with Gasteiger partial charge in [0, 0.05) is 17.8 Å². The summed E-state index contributed by atoms with van der Waals surface area (Å²) in [5, 5.41) is 3.52. The molecule has 1 N–H and O–H groups in total. The molecule has 0 unspecified atom stereocenters. The minimum absolute atomic E-state index is 0.144. The van der Waals surface area contributed by atoms with Gasteiger partial charge >= 0.3 is 0 Å². The number of alkyl halides is 1. The van der Waals surface area contributed by atoms with Crippen molar-refractivity contribution in [1.29, 1.82) is 0 Å². The average Bonchev–Trinajstić information content (AvgIpc) is 2.68. The lowest BCUT2D eigenvalue weighted by Crippen LogP contribution is -2.33. The molecule has 2 fully saturated rings. The minimum atomic E-state index is 0.144. The number of carbonyl (C=O) groups excluding carboxylic acids is 1. The maximum Gasteiger partial charge on any atom is 0.224 e. The van der Waals surface area contributed by atoms with E-state index in [1.807, 2.05) is 0 Å². The van der Waals surface area contributed by atoms with Gasteiger partial charge in [0.15, 0.2) is 0 Å². The molecule has 0 bridgehead atoms. The Hall–Kier alpha value is -0.240. The first-order valence-electron chi connectivity index (χ1n) is 7.18. The normalized spacial score (nSPS) is 34.1. The van der Waals surface area contributed by atoms with Crippen LogP contribution in [0.4, 0.5) is 0 Å². The first-order chi connectivity index (χ1) is 8.26. The number of nitrogens with one attached hydrogen (secondary N) is 1. The number of rotatable bonds is 3. The Morgan fingerprint density at radius 3 is 2.06 bits per heavy atom. The maximum absolute atomic E-state index is 12.2. The van der Waals surface area contributed by atoms with Crippen LogP contribution in [0.15, 0.2) is 0 Å². The molecule has 0 aromatic rings. The van der Waals surface area contributed by atoms with E-state index >= 15 is 0 Å². The van der Waals surface area contributed by atoms with Gasteiger partial charge in [-0.15, -0.1) is 11.6 Å². The second-order valence-corrected chi connectivity index (χ2v) is 7.86. The zero-order valence-electron chi connectivity index (χ0n) is 12.1. The zero-order valence-corrected chi connectivity index (χ0v) is 12.8. The number of amides is 1. The van der Waals surface area contributed by atoms with Crippen LogP contribution in [-0.4, -0.2) is 17.8 Å². The van der Waals surface area contributed by atoms with E-state index in [1.54, 1.807) is 0 Å². The van der Waals surface area contributed by atoms with Crippen LogP contribution < -0.4 is 5.32 Å². The van der Waals surface area contributed by atoms with Crippen LogP contribution in [0, 0.1) is 22.7 Å². The van der Waals surface area contributed by atoms with Crippen LogP contribution in [0.25, 0.3) is 0 Å². The average molecular weight is 272 g/mol. The van der Waals surface area contributed by atoms with Gasteiger partial charge in [0.05, 0.1) is 0 Å². The molecule has 3 heteroatoms. The van der Waals surface area contributed by atoms with Crippen LogP contribution in [0.3, 0.4) is 0 Å². The van der Waals surface area contributed by atoms with Gasteiger partial charge in [-0.05, 0) is 42.4 Å². The molecule has 18 heavy (non-hydrogen) atoms. The molecular formula is C15H26ClNO. The Morgan fingerprint density at radius 2 is 1.61 bits per heavy atom. The highest BCUT2D eigenvalue weighted by Crippen LogP contribution is 2.68. The highest BCUT2D eigenvalue weighted by atomic mass is 35.5. The van der Waals surface area contributed by atoms with Crippen molar-refractivity contribution in [1.82, 2.24) is 5.32 Å². The number of hydrogen-bond donors (Lipinski definition) is 1. The number of halogens is 1. The van der Waals surface area contributed by atoms with Crippen molar-refractivity contribution in [3.05, 3.63) is 0 Å². The van der Waals surface area contributed by atoms with E-state index in [4.69, 9.17) is 11.6 Å². The van der Waals surface area contributed by atoms with Crippen molar-refractivity contribution >= 4 is 17.5 Å². The van der Waals surface area contributed by atoms with Crippen LogP contribution in [0.5, 0.6) is 0 Å². The smallest absolute Gasteiger partial charge is 0.224 e. The Kier molecular flexibility index (Phi) is 3.70. The third-order valence-corrected chi connectivity index (χ3v) is 6.06. The summed E-state index contributed by atoms with van der Waals surface area (Å²) in [5.74, 6) is 1.06. The monoisotopic (exact) mass is 271 g/mol. The van der Waals surface area contributed by atoms with Crippen LogP contribution in [0.2, 0.25) is 0 Å². The standard InChI is InChI=1S/C15H26ClNO/c1-14(2)12(15(14,3)4)13(18)17-9-10-5-7-11(16)8-6-10/h10-12H,5-9H2,1-4H3,(H,17,18). The molecule has 2 nitrogen and oxygen atoms in total. The van der Waals surface area contributed by atoms with E-state index in [9.17, 15) is 4.79 Å². The topological polar surface area (TPSA) is 29.1 Å². The summed E-state index contributed by atoms with van der Waals surface area (Å²) in [7, 11) is 0. The third kappa shape index (κ3) is 2.41. The highest BCUT2D eigenvalue weighted by molar-refractivity contribution is 6.20. The Labute approximate surface area is 116 Å². The third-order valence-electron chi connectivity index (χ3n) is 5.62. The van der Waals surface area contributed by atoms with Crippen molar-refractivity contribution < 1.29 is 4.79 Å². The molecule has 0 aliphatic heterocycles. The Morgan fingerprint density at radius 1 is 1.11 bits per heavy atom. The predicted octanol–water partition coefficient (Wildman–Crippen LogP) is 3.58. The summed E-state index contributed by atoms with van der Waals surface area (Å²) in [6.07, 6.45) is 4.52. The summed E-state index contributed by atoms with van der Waals surface area (Å²) >= 11 is 6.09. The van der Waals surface area contributed by atoms with E-state index in [-0.39, 0.29) is 22.7 Å². The van der Waals surface area contributed by atoms with Crippen LogP contribution in [-0.2, 0) is 4.79 Å². The van der Waals surface area contributed by atoms with Crippen molar-refractivity contribution in [3.63, 3.8) is 0 Å². The van der Waals surface area contributed by atoms with Crippen LogP contribution >= 0.6 is 11.6 Å².